The highest BCUT2D eigenvalue weighted by atomic mass is 19.1. The van der Waals surface area contributed by atoms with E-state index < -0.39 is 11.4 Å². The Bertz CT molecular complexity index is 638. The first-order chi connectivity index (χ1) is 12.0. The molecule has 1 aromatic carbocycles. The second-order valence-corrected chi connectivity index (χ2v) is 6.16. The summed E-state index contributed by atoms with van der Waals surface area (Å²) >= 11 is 0. The fourth-order valence-corrected chi connectivity index (χ4v) is 3.42. The van der Waals surface area contributed by atoms with Gasteiger partial charge in [0, 0.05) is 27.1 Å². The Morgan fingerprint density at radius 3 is 2.72 bits per heavy atom. The van der Waals surface area contributed by atoms with Crippen LogP contribution in [0.5, 0.6) is 5.75 Å². The summed E-state index contributed by atoms with van der Waals surface area (Å²) < 4.78 is 23.9. The zero-order valence-corrected chi connectivity index (χ0v) is 14.9. The molecule has 1 saturated heterocycles. The Morgan fingerprint density at radius 1 is 1.36 bits per heavy atom. The number of hydrogen-bond acceptors (Lipinski definition) is 4. The molecule has 0 radical (unpaired) electrons. The molecule has 6 nitrogen and oxygen atoms in total. The van der Waals surface area contributed by atoms with E-state index in [1.165, 1.54) is 20.3 Å². The first kappa shape index (κ1) is 19.2. The first-order valence-corrected chi connectivity index (χ1v) is 8.32. The van der Waals surface area contributed by atoms with E-state index in [0.717, 1.165) is 6.42 Å². The van der Waals surface area contributed by atoms with Gasteiger partial charge in [-0.15, -0.1) is 0 Å². The smallest absolute Gasteiger partial charge is 0.248 e. The van der Waals surface area contributed by atoms with E-state index in [2.05, 4.69) is 5.32 Å². The normalized spacial score (nSPS) is 19.8. The predicted octanol–water partition coefficient (Wildman–Crippen LogP) is 1.52. The van der Waals surface area contributed by atoms with Crippen LogP contribution in [0.25, 0.3) is 0 Å². The maximum Gasteiger partial charge on any atom is 0.248 e. The van der Waals surface area contributed by atoms with E-state index in [9.17, 15) is 14.0 Å². The number of methoxy groups -OCH3 is 2. The number of nitrogens with one attached hydrogen (secondary N) is 1. The van der Waals surface area contributed by atoms with Crippen molar-refractivity contribution in [2.45, 2.75) is 31.2 Å². The van der Waals surface area contributed by atoms with Crippen molar-refractivity contribution in [1.82, 2.24) is 10.2 Å². The van der Waals surface area contributed by atoms with Crippen molar-refractivity contribution in [2.75, 3.05) is 34.4 Å². The summed E-state index contributed by atoms with van der Waals surface area (Å²) in [5.41, 5.74) is -0.241. The summed E-state index contributed by atoms with van der Waals surface area (Å²) in [4.78, 5) is 26.7. The summed E-state index contributed by atoms with van der Waals surface area (Å²) in [5, 5.41) is 2.64. The van der Waals surface area contributed by atoms with Crippen LogP contribution in [-0.4, -0.2) is 56.7 Å². The van der Waals surface area contributed by atoms with E-state index in [0.29, 0.717) is 24.9 Å². The standard InChI is InChI=1S/C18H25FN2O4/c1-20-17(23)18(12-24-2)9-4-10-21(18)16(22)8-6-13-5-7-15(25-3)14(19)11-13/h5,7,11H,4,6,8-10,12H2,1-3H3,(H,20,23). The van der Waals surface area contributed by atoms with Gasteiger partial charge in [0.15, 0.2) is 11.6 Å². The summed E-state index contributed by atoms with van der Waals surface area (Å²) in [6.45, 7) is 0.683. The molecule has 1 unspecified atom stereocenters. The molecule has 138 valence electrons. The monoisotopic (exact) mass is 352 g/mol. The molecular formula is C18H25FN2O4. The lowest BCUT2D eigenvalue weighted by Gasteiger charge is -2.36. The Balaban J connectivity index is 2.08. The van der Waals surface area contributed by atoms with Gasteiger partial charge in [0.2, 0.25) is 11.8 Å². The number of aryl methyl sites for hydroxylation is 1. The molecular weight excluding hydrogens is 327 g/mol. The number of ether oxygens (including phenoxy) is 2. The van der Waals surface area contributed by atoms with Crippen LogP contribution in [0, 0.1) is 5.82 Å². The number of hydrogen-bond donors (Lipinski definition) is 1. The lowest BCUT2D eigenvalue weighted by molar-refractivity contribution is -0.148. The number of halogens is 1. The van der Waals surface area contributed by atoms with Gasteiger partial charge in [-0.3, -0.25) is 9.59 Å². The molecule has 0 bridgehead atoms. The van der Waals surface area contributed by atoms with Gasteiger partial charge < -0.3 is 19.7 Å². The van der Waals surface area contributed by atoms with Crippen molar-refractivity contribution >= 4 is 11.8 Å². The largest absolute Gasteiger partial charge is 0.494 e. The van der Waals surface area contributed by atoms with E-state index >= 15 is 0 Å². The summed E-state index contributed by atoms with van der Waals surface area (Å²) in [5.74, 6) is -0.619. The van der Waals surface area contributed by atoms with Gasteiger partial charge >= 0.3 is 0 Å². The SMILES string of the molecule is CNC(=O)C1(COC)CCCN1C(=O)CCc1ccc(OC)c(F)c1. The highest BCUT2D eigenvalue weighted by Crippen LogP contribution is 2.31. The van der Waals surface area contributed by atoms with Crippen LogP contribution >= 0.6 is 0 Å². The van der Waals surface area contributed by atoms with Crippen molar-refractivity contribution in [1.29, 1.82) is 0 Å². The van der Waals surface area contributed by atoms with E-state index in [1.54, 1.807) is 24.1 Å². The predicted molar refractivity (Wildman–Crippen MR) is 90.9 cm³/mol. The number of amides is 2. The Labute approximate surface area is 147 Å². The third-order valence-corrected chi connectivity index (χ3v) is 4.67. The van der Waals surface area contributed by atoms with E-state index in [1.807, 2.05) is 0 Å². The fraction of sp³-hybridized carbons (Fsp3) is 0.556. The van der Waals surface area contributed by atoms with Gasteiger partial charge in [-0.05, 0) is 37.0 Å². The molecule has 1 aliphatic heterocycles. The van der Waals surface area contributed by atoms with Crippen LogP contribution in [0.1, 0.15) is 24.8 Å². The quantitative estimate of drug-likeness (QED) is 0.808. The molecule has 1 heterocycles. The van der Waals surface area contributed by atoms with Gasteiger partial charge in [-0.25, -0.2) is 4.39 Å². The number of rotatable bonds is 7. The molecule has 1 N–H and O–H groups in total. The van der Waals surface area contributed by atoms with Crippen LogP contribution in [0.3, 0.4) is 0 Å². The van der Waals surface area contributed by atoms with Crippen LogP contribution in [0.15, 0.2) is 18.2 Å². The molecule has 25 heavy (non-hydrogen) atoms. The van der Waals surface area contributed by atoms with Gasteiger partial charge in [-0.1, -0.05) is 6.07 Å². The second kappa shape index (κ2) is 8.29. The Morgan fingerprint density at radius 2 is 2.12 bits per heavy atom. The van der Waals surface area contributed by atoms with Crippen LogP contribution in [0.4, 0.5) is 4.39 Å². The number of nitrogens with zero attached hydrogens (tertiary/aromatic N) is 1. The number of carbonyl (C=O) groups excluding carboxylic acids is 2. The number of likely N-dealkylation sites (N-methyl/N-ethyl adjacent to an activating group) is 1. The minimum Gasteiger partial charge on any atom is -0.494 e. The Hall–Kier alpha value is -2.15. The molecule has 2 rings (SSSR count). The van der Waals surface area contributed by atoms with Gasteiger partial charge in [-0.2, -0.15) is 0 Å². The van der Waals surface area contributed by atoms with Crippen molar-refractivity contribution < 1.29 is 23.5 Å². The molecule has 0 aliphatic carbocycles. The minimum atomic E-state index is -0.953. The highest BCUT2D eigenvalue weighted by molar-refractivity contribution is 5.92. The molecule has 1 aromatic rings. The maximum atomic E-state index is 13.8. The lowest BCUT2D eigenvalue weighted by atomic mass is 9.95. The van der Waals surface area contributed by atoms with Crippen molar-refractivity contribution in [2.24, 2.45) is 0 Å². The van der Waals surface area contributed by atoms with Gasteiger partial charge in [0.05, 0.1) is 13.7 Å². The third kappa shape index (κ3) is 3.92. The first-order valence-electron chi connectivity index (χ1n) is 8.32. The van der Waals surface area contributed by atoms with Crippen LogP contribution in [0.2, 0.25) is 0 Å². The molecule has 1 aliphatic rings. The zero-order chi connectivity index (χ0) is 18.4. The number of likely N-dealkylation sites (tertiary alicyclic amines) is 1. The third-order valence-electron chi connectivity index (χ3n) is 4.67. The van der Waals surface area contributed by atoms with Crippen molar-refractivity contribution in [3.05, 3.63) is 29.6 Å². The van der Waals surface area contributed by atoms with Crippen molar-refractivity contribution in [3.63, 3.8) is 0 Å². The fourth-order valence-electron chi connectivity index (χ4n) is 3.42. The molecule has 0 aromatic heterocycles. The average molecular weight is 352 g/mol. The lowest BCUT2D eigenvalue weighted by Crippen LogP contribution is -2.59. The maximum absolute atomic E-state index is 13.8. The molecule has 1 fully saturated rings. The van der Waals surface area contributed by atoms with Gasteiger partial charge in [0.25, 0.3) is 0 Å². The topological polar surface area (TPSA) is 67.9 Å². The van der Waals surface area contributed by atoms with Crippen LogP contribution < -0.4 is 10.1 Å². The molecule has 0 spiro atoms. The summed E-state index contributed by atoms with van der Waals surface area (Å²) in [6, 6.07) is 4.66. The van der Waals surface area contributed by atoms with E-state index in [4.69, 9.17) is 9.47 Å². The van der Waals surface area contributed by atoms with E-state index in [-0.39, 0.29) is 30.6 Å². The van der Waals surface area contributed by atoms with Crippen molar-refractivity contribution in [3.8, 4) is 5.75 Å². The minimum absolute atomic E-state index is 0.130. The molecule has 0 saturated carbocycles. The molecule has 1 atom stereocenters. The highest BCUT2D eigenvalue weighted by Gasteiger charge is 2.49. The second-order valence-electron chi connectivity index (χ2n) is 6.16. The number of carbonyl (C=O) groups is 2. The molecule has 7 heteroatoms. The molecule has 2 amide bonds. The Kier molecular flexibility index (Phi) is 6.36. The average Bonchev–Trinajstić information content (AvgIpc) is 3.04. The summed E-state index contributed by atoms with van der Waals surface area (Å²) in [6.07, 6.45) is 1.92. The zero-order valence-electron chi connectivity index (χ0n) is 14.9. The van der Waals surface area contributed by atoms with Crippen LogP contribution in [-0.2, 0) is 20.7 Å². The summed E-state index contributed by atoms with van der Waals surface area (Å²) in [7, 11) is 4.48. The van der Waals surface area contributed by atoms with Gasteiger partial charge in [0.1, 0.15) is 5.54 Å². The number of benzene rings is 1.